The van der Waals surface area contributed by atoms with Gasteiger partial charge in [0.25, 0.3) is 0 Å². The van der Waals surface area contributed by atoms with Crippen molar-refractivity contribution in [3.8, 4) is 5.75 Å². The fourth-order valence-electron chi connectivity index (χ4n) is 8.51. The number of nitrogens with two attached hydrogens (primary N) is 4. The first-order chi connectivity index (χ1) is 44.4. The summed E-state index contributed by atoms with van der Waals surface area (Å²) in [5.74, 6) is -22.6. The molecule has 0 aliphatic carbocycles. The summed E-state index contributed by atoms with van der Waals surface area (Å²) in [5, 5.41) is 80.4. The van der Waals surface area contributed by atoms with Gasteiger partial charge in [-0.2, -0.15) is 0 Å². The summed E-state index contributed by atoms with van der Waals surface area (Å²) in [6.45, 7) is 1.44. The number of hydrogen-bond acceptors (Lipinski definition) is 22. The normalized spacial score (nSPS) is 13.7. The van der Waals surface area contributed by atoms with Crippen molar-refractivity contribution in [1.29, 1.82) is 0 Å². The second-order valence-electron chi connectivity index (χ2n) is 21.2. The maximum absolute atomic E-state index is 14.3. The Labute approximate surface area is 538 Å². The van der Waals surface area contributed by atoms with Crippen molar-refractivity contribution in [1.82, 2.24) is 53.2 Å². The molecule has 0 aliphatic heterocycles. The zero-order chi connectivity index (χ0) is 70.9. The zero-order valence-electron chi connectivity index (χ0n) is 51.8. The van der Waals surface area contributed by atoms with E-state index < -0.39 is 201 Å². The van der Waals surface area contributed by atoms with E-state index in [1.54, 1.807) is 0 Å². The minimum Gasteiger partial charge on any atom is -0.508 e. The monoisotopic (exact) mass is 1340 g/mol. The van der Waals surface area contributed by atoms with Crippen LogP contribution in [0.5, 0.6) is 5.75 Å². The van der Waals surface area contributed by atoms with E-state index in [-0.39, 0.29) is 76.1 Å². The van der Waals surface area contributed by atoms with Crippen molar-refractivity contribution in [3.63, 3.8) is 0 Å². The molecule has 0 bridgehead atoms. The van der Waals surface area contributed by atoms with Gasteiger partial charge in [-0.15, -0.1) is 0 Å². The summed E-state index contributed by atoms with van der Waals surface area (Å²) in [6.07, 6.45) is -4.79. The number of carbonyl (C=O) groups is 16. The summed E-state index contributed by atoms with van der Waals surface area (Å²) < 4.78 is 10.5. The van der Waals surface area contributed by atoms with Gasteiger partial charge in [-0.05, 0) is 102 Å². The van der Waals surface area contributed by atoms with E-state index >= 15 is 0 Å². The van der Waals surface area contributed by atoms with Crippen LogP contribution >= 0.6 is 0 Å². The first-order valence-electron chi connectivity index (χ1n) is 29.9. The number of benzene rings is 1. The number of aromatic hydroxyl groups is 1. The Morgan fingerprint density at radius 3 is 1.09 bits per heavy atom. The zero-order valence-corrected chi connectivity index (χ0v) is 51.8. The van der Waals surface area contributed by atoms with Crippen LogP contribution in [0.2, 0.25) is 0 Å². The van der Waals surface area contributed by atoms with Gasteiger partial charge in [-0.25, -0.2) is 0 Å². The van der Waals surface area contributed by atoms with E-state index in [0.717, 1.165) is 0 Å². The van der Waals surface area contributed by atoms with Crippen molar-refractivity contribution in [2.75, 3.05) is 52.6 Å². The SMILES string of the molecule is CCCOCCOCC(=O)N[C@H](CC(=O)O)C(=O)N[C@@H](Cc1ccc(O)cc1)C(=O)N[C@@H](CCCCN)C(=O)NC(CC(=O)O)C(=O)N[C@@H](CC(=O)O)C(=O)N[C@@H](CC(=O)O)C(=O)N[C@@H](CC(=O)O)C(=O)N[C@@H](CCCCN)C(=O)NCC(=O)N[C@@H](CCCCN)C(N)=O. The van der Waals surface area contributed by atoms with Crippen molar-refractivity contribution >= 4 is 94.8 Å². The lowest BCUT2D eigenvalue weighted by Crippen LogP contribution is -2.61. The van der Waals surface area contributed by atoms with Crippen molar-refractivity contribution in [2.24, 2.45) is 22.9 Å². The van der Waals surface area contributed by atoms with E-state index in [1.807, 2.05) is 22.9 Å². The smallest absolute Gasteiger partial charge is 0.305 e. The van der Waals surface area contributed by atoms with Crippen LogP contribution in [0.3, 0.4) is 0 Å². The molecule has 1 aromatic carbocycles. The predicted octanol–water partition coefficient (Wildman–Crippen LogP) is -6.90. The number of phenolic OH excluding ortho intramolecular Hbond substituents is 1. The van der Waals surface area contributed by atoms with Crippen molar-refractivity contribution < 1.29 is 117 Å². The van der Waals surface area contributed by atoms with Crippen LogP contribution in [0.1, 0.15) is 109 Å². The summed E-state index contributed by atoms with van der Waals surface area (Å²) in [7, 11) is 0. The highest BCUT2D eigenvalue weighted by atomic mass is 16.5. The highest BCUT2D eigenvalue weighted by Crippen LogP contribution is 2.14. The molecule has 0 saturated heterocycles. The molecule has 9 atom stereocenters. The largest absolute Gasteiger partial charge is 0.508 e. The van der Waals surface area contributed by atoms with Crippen LogP contribution in [0.25, 0.3) is 0 Å². The molecule has 24 N–H and O–H groups in total. The number of carboxylic acid groups (broad SMARTS) is 5. The molecule has 38 heteroatoms. The van der Waals surface area contributed by atoms with E-state index in [0.29, 0.717) is 38.8 Å². The molecule has 1 aromatic rings. The van der Waals surface area contributed by atoms with Gasteiger partial charge in [-0.1, -0.05) is 19.1 Å². The second kappa shape index (κ2) is 45.6. The molecule has 526 valence electrons. The van der Waals surface area contributed by atoms with E-state index in [2.05, 4.69) is 37.2 Å². The van der Waals surface area contributed by atoms with Gasteiger partial charge in [0.2, 0.25) is 65.0 Å². The number of phenols is 1. The number of aliphatic carboxylic acids is 5. The van der Waals surface area contributed by atoms with Gasteiger partial charge in [-0.3, -0.25) is 76.7 Å². The Bertz CT molecular complexity index is 2740. The second-order valence-corrected chi connectivity index (χ2v) is 21.2. The number of primary amides is 1. The third-order valence-corrected chi connectivity index (χ3v) is 13.2. The molecule has 0 aliphatic rings. The highest BCUT2D eigenvalue weighted by molar-refractivity contribution is 6.01. The van der Waals surface area contributed by atoms with Crippen LogP contribution in [0, 0.1) is 0 Å². The Kier molecular flexibility index (Phi) is 39.9. The molecule has 94 heavy (non-hydrogen) atoms. The Balaban J connectivity index is 3.57. The maximum Gasteiger partial charge on any atom is 0.305 e. The molecule has 0 saturated carbocycles. The van der Waals surface area contributed by atoms with Crippen LogP contribution < -0.4 is 76.1 Å². The molecule has 11 amide bonds. The number of amides is 11. The Hall–Kier alpha value is -9.66. The molecule has 0 spiro atoms. The topological polar surface area (TPSA) is 637 Å². The van der Waals surface area contributed by atoms with E-state index in [1.165, 1.54) is 24.3 Å². The van der Waals surface area contributed by atoms with E-state index in [4.69, 9.17) is 32.4 Å². The van der Waals surface area contributed by atoms with Crippen molar-refractivity contribution in [3.05, 3.63) is 29.8 Å². The highest BCUT2D eigenvalue weighted by Gasteiger charge is 2.38. The first kappa shape index (κ1) is 82.4. The summed E-state index contributed by atoms with van der Waals surface area (Å²) in [5.41, 5.74) is 22.4. The van der Waals surface area contributed by atoms with Gasteiger partial charge in [0.05, 0.1) is 51.9 Å². The molecular formula is C56H88N14O24. The van der Waals surface area contributed by atoms with Crippen LogP contribution in [0.4, 0.5) is 0 Å². The minimum absolute atomic E-state index is 0.0345. The summed E-state index contributed by atoms with van der Waals surface area (Å²) in [4.78, 5) is 209. The van der Waals surface area contributed by atoms with Crippen LogP contribution in [0.15, 0.2) is 24.3 Å². The minimum atomic E-state index is -2.36. The van der Waals surface area contributed by atoms with Gasteiger partial charge < -0.3 is 116 Å². The lowest BCUT2D eigenvalue weighted by molar-refractivity contribution is -0.145. The van der Waals surface area contributed by atoms with Gasteiger partial charge in [0.1, 0.15) is 66.7 Å². The summed E-state index contributed by atoms with van der Waals surface area (Å²) in [6, 6.07) is -11.9. The molecule has 0 heterocycles. The number of carboxylic acids is 5. The number of ether oxygens (including phenoxy) is 2. The Morgan fingerprint density at radius 1 is 0.394 bits per heavy atom. The van der Waals surface area contributed by atoms with Crippen LogP contribution in [-0.2, 0) is 92.6 Å². The fraction of sp³-hybridized carbons (Fsp3) is 0.607. The molecule has 0 fully saturated rings. The number of hydrogen-bond donors (Lipinski definition) is 20. The molecule has 1 unspecified atom stereocenters. The maximum atomic E-state index is 14.3. The van der Waals surface area contributed by atoms with Crippen molar-refractivity contribution in [2.45, 2.75) is 164 Å². The number of rotatable bonds is 51. The first-order valence-corrected chi connectivity index (χ1v) is 29.9. The standard InChI is InChI=1S/C56H88N14O24/c1-2-19-93-20-21-94-29-42(73)63-36(23-43(74)75)52(88)66-35(22-30-12-14-31(71)15-13-30)51(87)65-34(11-5-8-18-59)50(86)67-38(25-45(78)79)54(90)69-40(27-47(82)83)56(92)70-39(26-46(80)81)55(91)68-37(24-44(76)77)53(89)64-33(10-4-7-17-58)49(85)61-28-41(72)62-32(48(60)84)9-3-6-16-57/h12-15,32-40,71H,2-11,16-29,57-59H2,1H3,(H2,60,84)(H,61,85)(H,62,72)(H,63,73)(H,64,89)(H,65,87)(H,66,88)(H,67,86)(H,68,91)(H,69,90)(H,70,92)(H,74,75)(H,76,77)(H,78,79)(H,80,81)(H,82,83)/t32-,33-,34-,35-,36+,37-,38?,39-,40-/m0/s1. The van der Waals surface area contributed by atoms with Gasteiger partial charge in [0, 0.05) is 13.0 Å². The van der Waals surface area contributed by atoms with Gasteiger partial charge in [0.15, 0.2) is 0 Å². The Morgan fingerprint density at radius 2 is 0.713 bits per heavy atom. The molecule has 0 aromatic heterocycles. The average Bonchev–Trinajstić information content (AvgIpc) is 1.26. The predicted molar refractivity (Wildman–Crippen MR) is 323 cm³/mol. The number of carbonyl (C=O) groups excluding carboxylic acids is 11. The third kappa shape index (κ3) is 35.2. The molecule has 0 radical (unpaired) electrons. The number of nitrogens with one attached hydrogen (secondary N) is 10. The third-order valence-electron chi connectivity index (χ3n) is 13.2. The fourth-order valence-corrected chi connectivity index (χ4v) is 8.51. The molecular weight excluding hydrogens is 1250 g/mol. The quantitative estimate of drug-likeness (QED) is 0.0270. The lowest BCUT2D eigenvalue weighted by Gasteiger charge is -2.27. The average molecular weight is 1340 g/mol. The van der Waals surface area contributed by atoms with Crippen LogP contribution in [-0.4, -0.2) is 232 Å². The number of unbranched alkanes of at least 4 members (excludes halogenated alkanes) is 3. The molecule has 38 nitrogen and oxygen atoms in total. The summed E-state index contributed by atoms with van der Waals surface area (Å²) >= 11 is 0. The molecule has 1 rings (SSSR count). The lowest BCUT2D eigenvalue weighted by atomic mass is 10.0. The van der Waals surface area contributed by atoms with E-state index in [9.17, 15) is 107 Å². The van der Waals surface area contributed by atoms with Gasteiger partial charge >= 0.3 is 29.8 Å².